The van der Waals surface area contributed by atoms with E-state index >= 15 is 0 Å². The van der Waals surface area contributed by atoms with Crippen LogP contribution in [0, 0.1) is 5.41 Å². The average Bonchev–Trinajstić information content (AvgIpc) is 3.05. The van der Waals surface area contributed by atoms with Gasteiger partial charge in [0.15, 0.2) is 0 Å². The summed E-state index contributed by atoms with van der Waals surface area (Å²) in [4.78, 5) is 44.3. The highest BCUT2D eigenvalue weighted by molar-refractivity contribution is 5.76. The molecule has 0 aliphatic rings. The van der Waals surface area contributed by atoms with Gasteiger partial charge in [0.25, 0.3) is 0 Å². The van der Waals surface area contributed by atoms with Crippen LogP contribution in [0.3, 0.4) is 0 Å². The van der Waals surface area contributed by atoms with Gasteiger partial charge in [-0.3, -0.25) is 19.2 Å². The van der Waals surface area contributed by atoms with Gasteiger partial charge in [-0.2, -0.15) is 0 Å². The van der Waals surface area contributed by atoms with E-state index in [-0.39, 0.29) is 26.4 Å². The molecule has 41 heavy (non-hydrogen) atoms. The van der Waals surface area contributed by atoms with E-state index in [1.165, 1.54) is 0 Å². The van der Waals surface area contributed by atoms with Crippen molar-refractivity contribution in [2.24, 2.45) is 5.41 Å². The molecule has 0 aromatic heterocycles. The van der Waals surface area contributed by atoms with Gasteiger partial charge < -0.3 is 18.9 Å². The summed E-state index contributed by atoms with van der Waals surface area (Å²) in [5.74, 6) is 2.17. The molecule has 4 rings (SSSR count). The number of benzene rings is 4. The molecule has 0 atom stereocenters. The maximum atomic E-state index is 11.1. The van der Waals surface area contributed by atoms with Gasteiger partial charge in [-0.25, -0.2) is 0 Å². The van der Waals surface area contributed by atoms with Crippen molar-refractivity contribution in [1.29, 1.82) is 0 Å². The minimum atomic E-state index is -0.876. The van der Waals surface area contributed by atoms with E-state index in [0.29, 0.717) is 45.3 Å². The van der Waals surface area contributed by atoms with Crippen molar-refractivity contribution in [1.82, 2.24) is 0 Å². The molecular formula is C33H28O8. The number of carbonyl (C=O) groups excluding carboxylic acids is 4. The Bertz CT molecular complexity index is 1200. The Morgan fingerprint density at radius 2 is 0.561 bits per heavy atom. The number of hydrogen-bond donors (Lipinski definition) is 0. The summed E-state index contributed by atoms with van der Waals surface area (Å²) < 4.78 is 24.6. The number of rotatable bonds is 16. The van der Waals surface area contributed by atoms with Crippen LogP contribution in [0.15, 0.2) is 97.1 Å². The summed E-state index contributed by atoms with van der Waals surface area (Å²) in [5, 5.41) is 0. The SMILES string of the molecule is O=Cc1ccc(OCC(COc2ccc(C=O)cc2)(COc2ccc(C=O)cc2)COc2ccc(C=O)cc2)cc1. The fraction of sp³-hybridized carbons (Fsp3) is 0.152. The third-order valence-electron chi connectivity index (χ3n) is 6.24. The Labute approximate surface area is 237 Å². The van der Waals surface area contributed by atoms with Gasteiger partial charge in [0.05, 0.1) is 0 Å². The van der Waals surface area contributed by atoms with E-state index < -0.39 is 5.41 Å². The van der Waals surface area contributed by atoms with Crippen LogP contribution >= 0.6 is 0 Å². The molecule has 4 aromatic rings. The number of ether oxygens (including phenoxy) is 4. The first kappa shape index (κ1) is 28.8. The van der Waals surface area contributed by atoms with E-state index in [1.807, 2.05) is 0 Å². The van der Waals surface area contributed by atoms with Crippen LogP contribution in [0.1, 0.15) is 41.4 Å². The number of hydrogen-bond acceptors (Lipinski definition) is 8. The first-order valence-electron chi connectivity index (χ1n) is 12.8. The standard InChI is InChI=1S/C33H28O8/c34-17-25-1-9-29(10-2-25)38-21-33(22-39-30-11-3-26(18-35)4-12-30,23-40-31-13-5-27(19-36)6-14-31)24-41-32-15-7-28(20-37)8-16-32/h1-20H,21-24H2. The van der Waals surface area contributed by atoms with Crippen LogP contribution in [0.2, 0.25) is 0 Å². The molecule has 0 saturated heterocycles. The summed E-state index contributed by atoms with van der Waals surface area (Å²) in [6, 6.07) is 26.9. The van der Waals surface area contributed by atoms with Crippen LogP contribution in [0.4, 0.5) is 0 Å². The molecule has 0 spiro atoms. The van der Waals surface area contributed by atoms with Crippen LogP contribution < -0.4 is 18.9 Å². The molecule has 0 N–H and O–H groups in total. The second-order valence-corrected chi connectivity index (χ2v) is 9.40. The summed E-state index contributed by atoms with van der Waals surface area (Å²) in [5.41, 5.74) is 1.22. The number of aldehydes is 4. The lowest BCUT2D eigenvalue weighted by molar-refractivity contribution is -0.00351. The van der Waals surface area contributed by atoms with E-state index in [0.717, 1.165) is 25.1 Å². The van der Waals surface area contributed by atoms with Crippen molar-refractivity contribution in [2.45, 2.75) is 0 Å². The minimum Gasteiger partial charge on any atom is -0.493 e. The summed E-state index contributed by atoms with van der Waals surface area (Å²) >= 11 is 0. The fourth-order valence-electron chi connectivity index (χ4n) is 3.77. The van der Waals surface area contributed by atoms with Crippen molar-refractivity contribution in [3.05, 3.63) is 119 Å². The molecule has 8 nitrogen and oxygen atoms in total. The maximum Gasteiger partial charge on any atom is 0.150 e. The van der Waals surface area contributed by atoms with E-state index in [9.17, 15) is 19.2 Å². The van der Waals surface area contributed by atoms with Gasteiger partial charge in [-0.15, -0.1) is 0 Å². The predicted octanol–water partition coefficient (Wildman–Crippen LogP) is 5.54. The summed E-state index contributed by atoms with van der Waals surface area (Å²) in [7, 11) is 0. The lowest BCUT2D eigenvalue weighted by Crippen LogP contribution is -2.45. The average molecular weight is 553 g/mol. The third kappa shape index (κ3) is 8.37. The van der Waals surface area contributed by atoms with E-state index in [4.69, 9.17) is 18.9 Å². The van der Waals surface area contributed by atoms with Gasteiger partial charge in [0, 0.05) is 22.3 Å². The Balaban J connectivity index is 1.60. The first-order chi connectivity index (χ1) is 20.0. The highest BCUT2D eigenvalue weighted by atomic mass is 16.5. The third-order valence-corrected chi connectivity index (χ3v) is 6.24. The molecule has 208 valence electrons. The van der Waals surface area contributed by atoms with E-state index in [2.05, 4.69) is 0 Å². The normalized spacial score (nSPS) is 10.7. The molecule has 0 fully saturated rings. The van der Waals surface area contributed by atoms with Gasteiger partial charge in [0.1, 0.15) is 80.0 Å². The Hall–Kier alpha value is -5.24. The van der Waals surface area contributed by atoms with Crippen molar-refractivity contribution < 1.29 is 38.1 Å². The summed E-state index contributed by atoms with van der Waals surface area (Å²) in [6.45, 7) is 0.439. The van der Waals surface area contributed by atoms with Crippen molar-refractivity contribution in [3.63, 3.8) is 0 Å². The zero-order valence-corrected chi connectivity index (χ0v) is 22.1. The predicted molar refractivity (Wildman–Crippen MR) is 152 cm³/mol. The molecule has 8 heteroatoms. The largest absolute Gasteiger partial charge is 0.493 e. The highest BCUT2D eigenvalue weighted by Gasteiger charge is 2.36. The second kappa shape index (κ2) is 14.2. The summed E-state index contributed by atoms with van der Waals surface area (Å²) in [6.07, 6.45) is 3.02. The van der Waals surface area contributed by atoms with Crippen LogP contribution in [0.25, 0.3) is 0 Å². The second-order valence-electron chi connectivity index (χ2n) is 9.40. The zero-order chi connectivity index (χ0) is 28.9. The first-order valence-corrected chi connectivity index (χ1v) is 12.8. The molecule has 0 unspecified atom stereocenters. The molecule has 0 aliphatic carbocycles. The molecular weight excluding hydrogens is 524 g/mol. The van der Waals surface area contributed by atoms with Gasteiger partial charge in [-0.05, 0) is 97.1 Å². The van der Waals surface area contributed by atoms with Gasteiger partial charge >= 0.3 is 0 Å². The van der Waals surface area contributed by atoms with Gasteiger partial charge in [-0.1, -0.05) is 0 Å². The lowest BCUT2D eigenvalue weighted by atomic mass is 9.92. The Kier molecular flexibility index (Phi) is 9.98. The zero-order valence-electron chi connectivity index (χ0n) is 22.1. The molecule has 0 radical (unpaired) electrons. The lowest BCUT2D eigenvalue weighted by Gasteiger charge is -2.33. The van der Waals surface area contributed by atoms with Crippen LogP contribution in [-0.2, 0) is 0 Å². The van der Waals surface area contributed by atoms with Crippen LogP contribution in [0.5, 0.6) is 23.0 Å². The molecule has 0 heterocycles. The maximum absolute atomic E-state index is 11.1. The highest BCUT2D eigenvalue weighted by Crippen LogP contribution is 2.27. The van der Waals surface area contributed by atoms with E-state index in [1.54, 1.807) is 97.1 Å². The van der Waals surface area contributed by atoms with Crippen molar-refractivity contribution in [2.75, 3.05) is 26.4 Å². The molecule has 4 aromatic carbocycles. The smallest absolute Gasteiger partial charge is 0.150 e. The minimum absolute atomic E-state index is 0.110. The molecule has 0 bridgehead atoms. The molecule has 0 amide bonds. The topological polar surface area (TPSA) is 105 Å². The quantitative estimate of drug-likeness (QED) is 0.167. The van der Waals surface area contributed by atoms with Crippen molar-refractivity contribution in [3.8, 4) is 23.0 Å². The monoisotopic (exact) mass is 552 g/mol. The molecule has 0 aliphatic heterocycles. The number of carbonyl (C=O) groups is 4. The Morgan fingerprint density at radius 3 is 0.732 bits per heavy atom. The Morgan fingerprint density at radius 1 is 0.366 bits per heavy atom. The van der Waals surface area contributed by atoms with Crippen molar-refractivity contribution >= 4 is 25.1 Å². The fourth-order valence-corrected chi connectivity index (χ4v) is 3.77. The van der Waals surface area contributed by atoms with Gasteiger partial charge in [0.2, 0.25) is 0 Å². The molecule has 0 saturated carbocycles. The van der Waals surface area contributed by atoms with Crippen LogP contribution in [-0.4, -0.2) is 51.6 Å².